The van der Waals surface area contributed by atoms with Gasteiger partial charge in [0.05, 0.1) is 18.9 Å². The molecule has 0 atom stereocenters. The lowest BCUT2D eigenvalue weighted by atomic mass is 10.2. The number of aromatic nitrogens is 3. The van der Waals surface area contributed by atoms with Gasteiger partial charge in [-0.25, -0.2) is 9.97 Å². The number of ether oxygens (including phenoxy) is 2. The van der Waals surface area contributed by atoms with Crippen LogP contribution < -0.4 is 15.0 Å². The summed E-state index contributed by atoms with van der Waals surface area (Å²) < 4.78 is 11.4. The summed E-state index contributed by atoms with van der Waals surface area (Å²) in [7, 11) is 0. The Labute approximate surface area is 185 Å². The van der Waals surface area contributed by atoms with E-state index in [0.717, 1.165) is 41.2 Å². The lowest BCUT2D eigenvalue weighted by molar-refractivity contribution is 0.122. The summed E-state index contributed by atoms with van der Waals surface area (Å²) in [5, 5.41) is 13.8. The summed E-state index contributed by atoms with van der Waals surface area (Å²) in [5.74, 6) is 2.02. The molecule has 5 rings (SSSR count). The second kappa shape index (κ2) is 8.96. The SMILES string of the molecule is N#Cc1cc(OCc2cccc(N3CCOCC3)n2)cc(Nc2ccc3cc[nH]c3c2)n1. The predicted molar refractivity (Wildman–Crippen MR) is 122 cm³/mol. The fourth-order valence-electron chi connectivity index (χ4n) is 3.66. The summed E-state index contributed by atoms with van der Waals surface area (Å²) in [6.45, 7) is 3.37. The maximum absolute atomic E-state index is 9.40. The van der Waals surface area contributed by atoms with Crippen molar-refractivity contribution >= 4 is 28.2 Å². The van der Waals surface area contributed by atoms with Crippen LogP contribution in [0.15, 0.2) is 60.8 Å². The zero-order valence-electron chi connectivity index (χ0n) is 17.4. The highest BCUT2D eigenvalue weighted by Gasteiger charge is 2.13. The molecule has 160 valence electrons. The van der Waals surface area contributed by atoms with Crippen molar-refractivity contribution in [3.8, 4) is 11.8 Å². The first-order valence-electron chi connectivity index (χ1n) is 10.4. The van der Waals surface area contributed by atoms with Crippen LogP contribution in [0.5, 0.6) is 5.75 Å². The van der Waals surface area contributed by atoms with E-state index in [1.807, 2.05) is 48.7 Å². The van der Waals surface area contributed by atoms with E-state index >= 15 is 0 Å². The molecule has 1 fully saturated rings. The Hall–Kier alpha value is -4.09. The number of pyridine rings is 2. The van der Waals surface area contributed by atoms with Gasteiger partial charge in [-0.3, -0.25) is 0 Å². The number of hydrogen-bond acceptors (Lipinski definition) is 7. The topological polar surface area (TPSA) is 99.1 Å². The van der Waals surface area contributed by atoms with E-state index in [1.165, 1.54) is 0 Å². The molecular weight excluding hydrogens is 404 g/mol. The largest absolute Gasteiger partial charge is 0.487 e. The third-order valence-corrected chi connectivity index (χ3v) is 5.25. The van der Waals surface area contributed by atoms with Crippen LogP contribution in [-0.4, -0.2) is 41.3 Å². The number of morpholine rings is 1. The average molecular weight is 426 g/mol. The van der Waals surface area contributed by atoms with Gasteiger partial charge in [0, 0.05) is 42.6 Å². The first-order valence-corrected chi connectivity index (χ1v) is 10.4. The zero-order valence-corrected chi connectivity index (χ0v) is 17.4. The van der Waals surface area contributed by atoms with Crippen LogP contribution in [0, 0.1) is 11.3 Å². The van der Waals surface area contributed by atoms with Gasteiger partial charge in [-0.15, -0.1) is 0 Å². The molecule has 0 radical (unpaired) electrons. The van der Waals surface area contributed by atoms with Crippen LogP contribution in [0.4, 0.5) is 17.3 Å². The number of nitriles is 1. The van der Waals surface area contributed by atoms with Crippen molar-refractivity contribution in [3.05, 3.63) is 72.2 Å². The highest BCUT2D eigenvalue weighted by atomic mass is 16.5. The molecule has 4 aromatic rings. The molecule has 0 unspecified atom stereocenters. The molecule has 0 spiro atoms. The zero-order chi connectivity index (χ0) is 21.8. The van der Waals surface area contributed by atoms with Crippen LogP contribution in [0.25, 0.3) is 10.9 Å². The fourth-order valence-corrected chi connectivity index (χ4v) is 3.66. The number of H-pyrrole nitrogens is 1. The molecule has 4 heterocycles. The minimum absolute atomic E-state index is 0.279. The van der Waals surface area contributed by atoms with E-state index in [4.69, 9.17) is 14.5 Å². The van der Waals surface area contributed by atoms with Crippen molar-refractivity contribution in [2.45, 2.75) is 6.61 Å². The number of nitrogens with one attached hydrogen (secondary N) is 2. The second-order valence-electron chi connectivity index (χ2n) is 7.47. The van der Waals surface area contributed by atoms with E-state index in [0.29, 0.717) is 31.4 Å². The summed E-state index contributed by atoms with van der Waals surface area (Å²) in [6, 6.07) is 19.4. The molecule has 1 aromatic carbocycles. The van der Waals surface area contributed by atoms with Crippen molar-refractivity contribution in [1.29, 1.82) is 5.26 Å². The molecule has 1 saturated heterocycles. The van der Waals surface area contributed by atoms with Gasteiger partial charge < -0.3 is 24.7 Å². The Kier molecular flexibility index (Phi) is 5.56. The summed E-state index contributed by atoms with van der Waals surface area (Å²) in [6.07, 6.45) is 1.90. The Morgan fingerprint density at radius 1 is 1.09 bits per heavy atom. The summed E-state index contributed by atoms with van der Waals surface area (Å²) >= 11 is 0. The van der Waals surface area contributed by atoms with E-state index in [-0.39, 0.29) is 5.69 Å². The molecule has 32 heavy (non-hydrogen) atoms. The number of fused-ring (bicyclic) bond motifs is 1. The molecule has 0 saturated carbocycles. The Morgan fingerprint density at radius 2 is 2.00 bits per heavy atom. The second-order valence-corrected chi connectivity index (χ2v) is 7.47. The van der Waals surface area contributed by atoms with Crippen LogP contribution in [0.1, 0.15) is 11.4 Å². The molecule has 1 aliphatic rings. The van der Waals surface area contributed by atoms with Gasteiger partial charge in [-0.2, -0.15) is 5.26 Å². The maximum atomic E-state index is 9.40. The monoisotopic (exact) mass is 426 g/mol. The van der Waals surface area contributed by atoms with Crippen LogP contribution in [0.3, 0.4) is 0 Å². The number of anilines is 3. The van der Waals surface area contributed by atoms with Crippen molar-refractivity contribution in [3.63, 3.8) is 0 Å². The standard InChI is InChI=1S/C24H22N6O2/c25-15-20-12-21(14-23(28-20)27-18-5-4-17-6-7-26-22(17)13-18)32-16-19-2-1-3-24(29-19)30-8-10-31-11-9-30/h1-7,12-14,26H,8-11,16H2,(H,27,28). The smallest absolute Gasteiger partial charge is 0.146 e. The molecule has 1 aliphatic heterocycles. The third kappa shape index (κ3) is 4.48. The molecule has 3 aromatic heterocycles. The van der Waals surface area contributed by atoms with Crippen LogP contribution in [0.2, 0.25) is 0 Å². The molecule has 0 aliphatic carbocycles. The quantitative estimate of drug-likeness (QED) is 0.481. The minimum atomic E-state index is 0.279. The highest BCUT2D eigenvalue weighted by molar-refractivity contribution is 5.83. The lowest BCUT2D eigenvalue weighted by Crippen LogP contribution is -2.36. The Bertz CT molecular complexity index is 1270. The number of nitrogens with zero attached hydrogens (tertiary/aromatic N) is 4. The normalized spacial score (nSPS) is 13.7. The van der Waals surface area contributed by atoms with Gasteiger partial charge in [-0.1, -0.05) is 12.1 Å². The number of hydrogen-bond donors (Lipinski definition) is 2. The van der Waals surface area contributed by atoms with Gasteiger partial charge in [0.2, 0.25) is 0 Å². The predicted octanol–water partition coefficient (Wildman–Crippen LogP) is 3.99. The number of rotatable bonds is 6. The van der Waals surface area contributed by atoms with Crippen molar-refractivity contribution in [2.24, 2.45) is 0 Å². The van der Waals surface area contributed by atoms with Crippen molar-refractivity contribution < 1.29 is 9.47 Å². The average Bonchev–Trinajstić information content (AvgIpc) is 3.31. The van der Waals surface area contributed by atoms with Crippen LogP contribution in [-0.2, 0) is 11.3 Å². The molecular formula is C24H22N6O2. The van der Waals surface area contributed by atoms with Crippen molar-refractivity contribution in [1.82, 2.24) is 15.0 Å². The van der Waals surface area contributed by atoms with Gasteiger partial charge >= 0.3 is 0 Å². The minimum Gasteiger partial charge on any atom is -0.487 e. The van der Waals surface area contributed by atoms with Crippen molar-refractivity contribution in [2.75, 3.05) is 36.5 Å². The molecule has 8 heteroatoms. The molecule has 0 amide bonds. The lowest BCUT2D eigenvalue weighted by Gasteiger charge is -2.28. The first-order chi connectivity index (χ1) is 15.8. The van der Waals surface area contributed by atoms with E-state index in [9.17, 15) is 5.26 Å². The molecule has 0 bridgehead atoms. The fraction of sp³-hybridized carbons (Fsp3) is 0.208. The number of aromatic amines is 1. The highest BCUT2D eigenvalue weighted by Crippen LogP contribution is 2.24. The van der Waals surface area contributed by atoms with E-state index < -0.39 is 0 Å². The van der Waals surface area contributed by atoms with Gasteiger partial charge in [0.25, 0.3) is 0 Å². The summed E-state index contributed by atoms with van der Waals surface area (Å²) in [4.78, 5) is 14.5. The molecule has 2 N–H and O–H groups in total. The van der Waals surface area contributed by atoms with Gasteiger partial charge in [0.15, 0.2) is 0 Å². The first kappa shape index (κ1) is 19.8. The van der Waals surface area contributed by atoms with Crippen LogP contribution >= 0.6 is 0 Å². The summed E-state index contributed by atoms with van der Waals surface area (Å²) in [5.41, 5.74) is 2.99. The number of benzene rings is 1. The third-order valence-electron chi connectivity index (χ3n) is 5.25. The Morgan fingerprint density at radius 3 is 2.88 bits per heavy atom. The maximum Gasteiger partial charge on any atom is 0.146 e. The van der Waals surface area contributed by atoms with Gasteiger partial charge in [0.1, 0.15) is 35.8 Å². The van der Waals surface area contributed by atoms with E-state index in [2.05, 4.69) is 26.3 Å². The van der Waals surface area contributed by atoms with E-state index in [1.54, 1.807) is 12.1 Å². The Balaban J connectivity index is 1.31. The molecule has 8 nitrogen and oxygen atoms in total. The van der Waals surface area contributed by atoms with Gasteiger partial charge in [-0.05, 0) is 35.7 Å².